The highest BCUT2D eigenvalue weighted by molar-refractivity contribution is 7.92. The molecule has 10 heteroatoms. The van der Waals surface area contributed by atoms with Crippen molar-refractivity contribution < 1.29 is 27.1 Å². The molecule has 1 aromatic heterocycles. The monoisotopic (exact) mass is 457 g/mol. The van der Waals surface area contributed by atoms with E-state index in [9.17, 15) is 13.2 Å². The Morgan fingerprint density at radius 3 is 2.44 bits per heavy atom. The molecule has 3 aromatic rings. The summed E-state index contributed by atoms with van der Waals surface area (Å²) in [7, 11) is -3.80. The summed E-state index contributed by atoms with van der Waals surface area (Å²) in [5, 5.41) is 5.86. The second-order valence-corrected chi connectivity index (χ2v) is 8.83. The van der Waals surface area contributed by atoms with Crippen molar-refractivity contribution in [2.75, 3.05) is 23.3 Å². The summed E-state index contributed by atoms with van der Waals surface area (Å²) in [4.78, 5) is 12.3. The average Bonchev–Trinajstić information content (AvgIpc) is 3.32. The third-order valence-corrected chi connectivity index (χ3v) is 6.13. The van der Waals surface area contributed by atoms with Crippen LogP contribution in [0.3, 0.4) is 0 Å². The lowest BCUT2D eigenvalue weighted by molar-refractivity contribution is -0.121. The van der Waals surface area contributed by atoms with Crippen LogP contribution in [0.25, 0.3) is 0 Å². The van der Waals surface area contributed by atoms with E-state index in [1.165, 1.54) is 12.1 Å². The van der Waals surface area contributed by atoms with Crippen LogP contribution in [0.15, 0.2) is 70.2 Å². The number of furan rings is 1. The molecular weight excluding hydrogens is 434 g/mol. The van der Waals surface area contributed by atoms with Gasteiger partial charge in [0.15, 0.2) is 11.5 Å². The van der Waals surface area contributed by atoms with Crippen molar-refractivity contribution in [2.24, 2.45) is 0 Å². The molecule has 32 heavy (non-hydrogen) atoms. The molecule has 1 unspecified atom stereocenters. The first-order valence-corrected chi connectivity index (χ1v) is 11.5. The fourth-order valence-electron chi connectivity index (χ4n) is 3.10. The Kier molecular flexibility index (Phi) is 6.22. The second kappa shape index (κ2) is 9.23. The van der Waals surface area contributed by atoms with Crippen molar-refractivity contribution in [1.29, 1.82) is 0 Å². The number of carbonyl (C=O) groups excluding carboxylic acids is 1. The number of ether oxygens (including phenoxy) is 2. The molecule has 0 saturated carbocycles. The Morgan fingerprint density at radius 2 is 1.72 bits per heavy atom. The van der Waals surface area contributed by atoms with Gasteiger partial charge in [-0.3, -0.25) is 9.52 Å². The maximum Gasteiger partial charge on any atom is 0.262 e. The number of fused-ring (bicyclic) bond motifs is 1. The van der Waals surface area contributed by atoms with Gasteiger partial charge in [-0.2, -0.15) is 0 Å². The lowest BCUT2D eigenvalue weighted by atomic mass is 10.2. The number of rotatable bonds is 8. The molecule has 0 saturated heterocycles. The molecule has 0 spiro atoms. The van der Waals surface area contributed by atoms with Gasteiger partial charge in [0.05, 0.1) is 17.7 Å². The minimum atomic E-state index is -3.80. The van der Waals surface area contributed by atoms with Crippen molar-refractivity contribution in [3.05, 3.63) is 66.6 Å². The minimum absolute atomic E-state index is 0.0748. The van der Waals surface area contributed by atoms with Crippen LogP contribution in [0, 0.1) is 0 Å². The van der Waals surface area contributed by atoms with E-state index in [0.717, 1.165) is 0 Å². The molecule has 0 radical (unpaired) electrons. The Morgan fingerprint density at radius 1 is 1.00 bits per heavy atom. The van der Waals surface area contributed by atoms with Crippen LogP contribution in [0.5, 0.6) is 11.5 Å². The second-order valence-electron chi connectivity index (χ2n) is 7.15. The van der Waals surface area contributed by atoms with E-state index >= 15 is 0 Å². The summed E-state index contributed by atoms with van der Waals surface area (Å²) < 4.78 is 44.1. The molecule has 3 N–H and O–H groups in total. The zero-order valence-corrected chi connectivity index (χ0v) is 18.1. The lowest BCUT2D eigenvalue weighted by Crippen LogP contribution is -2.37. The molecule has 1 atom stereocenters. The predicted molar refractivity (Wildman–Crippen MR) is 118 cm³/mol. The third kappa shape index (κ3) is 5.14. The van der Waals surface area contributed by atoms with E-state index in [0.29, 0.717) is 48.4 Å². The first-order chi connectivity index (χ1) is 15.4. The fraction of sp³-hybridized carbons (Fsp3) is 0.227. The van der Waals surface area contributed by atoms with E-state index in [1.54, 1.807) is 55.7 Å². The SMILES string of the molecule is CC(Nc1ccc(NS(=O)(=O)c2ccc3c(c2)OCCO3)cc1)C(=O)NCc1ccco1. The van der Waals surface area contributed by atoms with Gasteiger partial charge >= 0.3 is 0 Å². The standard InChI is InChI=1S/C22H23N3O6S/c1-15(22(26)23-14-18-3-2-10-29-18)24-16-4-6-17(7-5-16)25-32(27,28)19-8-9-20-21(13-19)31-12-11-30-20/h2-10,13,15,24-25H,11-12,14H2,1H3,(H,23,26). The summed E-state index contributed by atoms with van der Waals surface area (Å²) in [5.74, 6) is 1.40. The summed E-state index contributed by atoms with van der Waals surface area (Å²) in [5.41, 5.74) is 1.06. The molecule has 1 amide bonds. The zero-order valence-electron chi connectivity index (χ0n) is 17.3. The maximum atomic E-state index is 12.7. The van der Waals surface area contributed by atoms with Crippen LogP contribution in [0.2, 0.25) is 0 Å². The van der Waals surface area contributed by atoms with Crippen molar-refractivity contribution in [2.45, 2.75) is 24.4 Å². The number of hydrogen-bond donors (Lipinski definition) is 3. The molecule has 168 valence electrons. The molecule has 4 rings (SSSR count). The van der Waals surface area contributed by atoms with E-state index in [2.05, 4.69) is 15.4 Å². The average molecular weight is 458 g/mol. The van der Waals surface area contributed by atoms with E-state index < -0.39 is 16.1 Å². The largest absolute Gasteiger partial charge is 0.486 e. The van der Waals surface area contributed by atoms with Crippen LogP contribution in [-0.2, 0) is 21.4 Å². The minimum Gasteiger partial charge on any atom is -0.486 e. The van der Waals surface area contributed by atoms with Gasteiger partial charge in [0.2, 0.25) is 5.91 Å². The van der Waals surface area contributed by atoms with Gasteiger partial charge in [0, 0.05) is 17.4 Å². The first kappa shape index (κ1) is 21.6. The normalized spacial score (nSPS) is 13.8. The fourth-order valence-corrected chi connectivity index (χ4v) is 4.17. The molecule has 2 aromatic carbocycles. The summed E-state index contributed by atoms with van der Waals surface area (Å²) in [6.45, 7) is 2.84. The number of benzene rings is 2. The number of carbonyl (C=O) groups is 1. The Labute approximate surface area is 185 Å². The lowest BCUT2D eigenvalue weighted by Gasteiger charge is -2.19. The van der Waals surface area contributed by atoms with Gasteiger partial charge in [0.25, 0.3) is 10.0 Å². The number of hydrogen-bond acceptors (Lipinski definition) is 7. The number of amides is 1. The van der Waals surface area contributed by atoms with Crippen molar-refractivity contribution >= 4 is 27.3 Å². The van der Waals surface area contributed by atoms with E-state index in [4.69, 9.17) is 13.9 Å². The van der Waals surface area contributed by atoms with Crippen LogP contribution >= 0.6 is 0 Å². The van der Waals surface area contributed by atoms with Crippen molar-refractivity contribution in [1.82, 2.24) is 5.32 Å². The third-order valence-electron chi connectivity index (χ3n) is 4.75. The summed E-state index contributed by atoms with van der Waals surface area (Å²) >= 11 is 0. The first-order valence-electron chi connectivity index (χ1n) is 10.00. The molecule has 9 nitrogen and oxygen atoms in total. The quantitative estimate of drug-likeness (QED) is 0.476. The molecule has 0 fully saturated rings. The molecule has 1 aliphatic rings. The Bertz CT molecular complexity index is 1180. The van der Waals surface area contributed by atoms with Gasteiger partial charge < -0.3 is 24.5 Å². The number of anilines is 2. The zero-order chi connectivity index (χ0) is 22.6. The summed E-state index contributed by atoms with van der Waals surface area (Å²) in [6, 6.07) is 14.1. The van der Waals surface area contributed by atoms with Crippen LogP contribution in [0.4, 0.5) is 11.4 Å². The number of nitrogens with one attached hydrogen (secondary N) is 3. The highest BCUT2D eigenvalue weighted by Gasteiger charge is 2.20. The van der Waals surface area contributed by atoms with Crippen LogP contribution in [0.1, 0.15) is 12.7 Å². The molecule has 0 aliphatic carbocycles. The summed E-state index contributed by atoms with van der Waals surface area (Å²) in [6.07, 6.45) is 1.55. The van der Waals surface area contributed by atoms with Gasteiger partial charge in [-0.25, -0.2) is 8.42 Å². The van der Waals surface area contributed by atoms with E-state index in [1.807, 2.05) is 0 Å². The van der Waals surface area contributed by atoms with Gasteiger partial charge in [-0.05, 0) is 55.5 Å². The van der Waals surface area contributed by atoms with Crippen molar-refractivity contribution in [3.63, 3.8) is 0 Å². The van der Waals surface area contributed by atoms with Crippen LogP contribution < -0.4 is 24.8 Å². The van der Waals surface area contributed by atoms with Gasteiger partial charge in [-0.1, -0.05) is 0 Å². The molecule has 1 aliphatic heterocycles. The Hall–Kier alpha value is -3.66. The highest BCUT2D eigenvalue weighted by Crippen LogP contribution is 2.32. The Balaban J connectivity index is 1.35. The van der Waals surface area contributed by atoms with Crippen LogP contribution in [-0.4, -0.2) is 33.6 Å². The van der Waals surface area contributed by atoms with Gasteiger partial charge in [0.1, 0.15) is 25.0 Å². The highest BCUT2D eigenvalue weighted by atomic mass is 32.2. The molecular formula is C22H23N3O6S. The smallest absolute Gasteiger partial charge is 0.262 e. The topological polar surface area (TPSA) is 119 Å². The van der Waals surface area contributed by atoms with Crippen molar-refractivity contribution in [3.8, 4) is 11.5 Å². The van der Waals surface area contributed by atoms with E-state index in [-0.39, 0.29) is 10.8 Å². The molecule has 2 heterocycles. The maximum absolute atomic E-state index is 12.7. The van der Waals surface area contributed by atoms with Gasteiger partial charge in [-0.15, -0.1) is 0 Å². The molecule has 0 bridgehead atoms. The number of sulfonamides is 1. The predicted octanol–water partition coefficient (Wildman–Crippen LogP) is 2.97.